The normalized spacial score (nSPS) is 20.0. The van der Waals surface area contributed by atoms with Gasteiger partial charge in [0.25, 0.3) is 0 Å². The molecule has 1 N–H and O–H groups in total. The summed E-state index contributed by atoms with van der Waals surface area (Å²) < 4.78 is 0.841. The standard InChI is InChI=1S/C12H15BrN2O2S/c1-14-12(17)9-3-2-5-15(9)7-10(16)11-8(13)4-6-18-11/h4,6,9H,2-3,5,7H2,1H3,(H,14,17). The second-order valence-electron chi connectivity index (χ2n) is 4.26. The van der Waals surface area contributed by atoms with Gasteiger partial charge in [0.15, 0.2) is 5.78 Å². The van der Waals surface area contributed by atoms with Crippen molar-refractivity contribution in [3.8, 4) is 0 Å². The highest BCUT2D eigenvalue weighted by Gasteiger charge is 2.31. The van der Waals surface area contributed by atoms with E-state index in [2.05, 4.69) is 21.2 Å². The van der Waals surface area contributed by atoms with Gasteiger partial charge in [-0.15, -0.1) is 11.3 Å². The molecule has 4 nitrogen and oxygen atoms in total. The number of likely N-dealkylation sites (tertiary alicyclic amines) is 1. The molecule has 0 aromatic carbocycles. The summed E-state index contributed by atoms with van der Waals surface area (Å²) in [6.45, 7) is 1.13. The van der Waals surface area contributed by atoms with Crippen LogP contribution in [0.3, 0.4) is 0 Å². The molecule has 1 amide bonds. The highest BCUT2D eigenvalue weighted by atomic mass is 79.9. The number of Topliss-reactive ketones (excluding diaryl/α,β-unsaturated/α-hetero) is 1. The number of hydrogen-bond donors (Lipinski definition) is 1. The van der Waals surface area contributed by atoms with Crippen LogP contribution in [0.2, 0.25) is 0 Å². The largest absolute Gasteiger partial charge is 0.358 e. The van der Waals surface area contributed by atoms with Crippen LogP contribution < -0.4 is 5.32 Å². The maximum absolute atomic E-state index is 12.1. The lowest BCUT2D eigenvalue weighted by Gasteiger charge is -2.21. The molecule has 0 aliphatic carbocycles. The molecule has 1 aromatic rings. The Morgan fingerprint density at radius 1 is 1.61 bits per heavy atom. The predicted octanol–water partition coefficient (Wildman–Crippen LogP) is 1.90. The summed E-state index contributed by atoms with van der Waals surface area (Å²) in [4.78, 5) is 26.5. The number of nitrogens with zero attached hydrogens (tertiary/aromatic N) is 1. The number of carbonyl (C=O) groups is 2. The molecule has 1 unspecified atom stereocenters. The van der Waals surface area contributed by atoms with Gasteiger partial charge in [-0.05, 0) is 46.8 Å². The first-order valence-electron chi connectivity index (χ1n) is 5.85. The van der Waals surface area contributed by atoms with Crippen LogP contribution in [0.4, 0.5) is 0 Å². The maximum Gasteiger partial charge on any atom is 0.237 e. The summed E-state index contributed by atoms with van der Waals surface area (Å²) in [6, 6.07) is 1.72. The molecule has 1 saturated heterocycles. The summed E-state index contributed by atoms with van der Waals surface area (Å²) >= 11 is 4.80. The first-order valence-corrected chi connectivity index (χ1v) is 7.52. The van der Waals surface area contributed by atoms with E-state index in [1.54, 1.807) is 7.05 Å². The minimum Gasteiger partial charge on any atom is -0.358 e. The van der Waals surface area contributed by atoms with Crippen molar-refractivity contribution in [3.05, 3.63) is 20.8 Å². The van der Waals surface area contributed by atoms with Crippen LogP contribution >= 0.6 is 27.3 Å². The Bertz CT molecular complexity index is 461. The Labute approximate surface area is 118 Å². The summed E-state index contributed by atoms with van der Waals surface area (Å²) in [5.41, 5.74) is 0. The number of likely N-dealkylation sites (N-methyl/N-ethyl adjacent to an activating group) is 1. The summed E-state index contributed by atoms with van der Waals surface area (Å²) in [5, 5.41) is 4.54. The van der Waals surface area contributed by atoms with Crippen LogP contribution in [0.1, 0.15) is 22.5 Å². The number of thiophene rings is 1. The molecular formula is C12H15BrN2O2S. The highest BCUT2D eigenvalue weighted by Crippen LogP contribution is 2.25. The topological polar surface area (TPSA) is 49.4 Å². The zero-order valence-corrected chi connectivity index (χ0v) is 12.5. The molecule has 2 heterocycles. The van der Waals surface area contributed by atoms with Gasteiger partial charge in [-0.25, -0.2) is 0 Å². The molecular weight excluding hydrogens is 316 g/mol. The van der Waals surface area contributed by atoms with E-state index in [9.17, 15) is 9.59 Å². The van der Waals surface area contributed by atoms with E-state index in [0.29, 0.717) is 6.54 Å². The maximum atomic E-state index is 12.1. The Morgan fingerprint density at radius 2 is 2.39 bits per heavy atom. The third-order valence-electron chi connectivity index (χ3n) is 3.13. The molecule has 2 rings (SSSR count). The van der Waals surface area contributed by atoms with Crippen molar-refractivity contribution in [2.45, 2.75) is 18.9 Å². The van der Waals surface area contributed by atoms with Crippen molar-refractivity contribution in [2.24, 2.45) is 0 Å². The van der Waals surface area contributed by atoms with E-state index in [-0.39, 0.29) is 17.7 Å². The molecule has 1 atom stereocenters. The van der Waals surface area contributed by atoms with Gasteiger partial charge < -0.3 is 5.32 Å². The molecule has 6 heteroatoms. The number of hydrogen-bond acceptors (Lipinski definition) is 4. The number of rotatable bonds is 4. The van der Waals surface area contributed by atoms with Crippen LogP contribution in [0.15, 0.2) is 15.9 Å². The Kier molecular flexibility index (Phi) is 4.53. The molecule has 0 radical (unpaired) electrons. The fourth-order valence-electron chi connectivity index (χ4n) is 2.23. The number of ketones is 1. The monoisotopic (exact) mass is 330 g/mol. The van der Waals surface area contributed by atoms with Crippen LogP contribution in [-0.4, -0.2) is 42.8 Å². The molecule has 18 heavy (non-hydrogen) atoms. The third-order valence-corrected chi connectivity index (χ3v) is 5.01. The first kappa shape index (κ1) is 13.7. The lowest BCUT2D eigenvalue weighted by Crippen LogP contribution is -2.43. The smallest absolute Gasteiger partial charge is 0.237 e. The van der Waals surface area contributed by atoms with Crippen LogP contribution in [0.25, 0.3) is 0 Å². The lowest BCUT2D eigenvalue weighted by molar-refractivity contribution is -0.124. The quantitative estimate of drug-likeness (QED) is 0.858. The van der Waals surface area contributed by atoms with Crippen molar-refractivity contribution < 1.29 is 9.59 Å². The second-order valence-corrected chi connectivity index (χ2v) is 6.03. The average molecular weight is 331 g/mol. The van der Waals surface area contributed by atoms with Gasteiger partial charge in [-0.2, -0.15) is 0 Å². The fraction of sp³-hybridized carbons (Fsp3) is 0.500. The van der Waals surface area contributed by atoms with E-state index in [1.807, 2.05) is 16.3 Å². The van der Waals surface area contributed by atoms with Gasteiger partial charge in [-0.3, -0.25) is 14.5 Å². The molecule has 1 fully saturated rings. The Hall–Kier alpha value is -0.720. The van der Waals surface area contributed by atoms with E-state index in [0.717, 1.165) is 28.7 Å². The number of amides is 1. The second kappa shape index (κ2) is 5.95. The lowest BCUT2D eigenvalue weighted by atomic mass is 10.2. The van der Waals surface area contributed by atoms with Crippen molar-refractivity contribution in [3.63, 3.8) is 0 Å². The zero-order chi connectivity index (χ0) is 13.1. The molecule has 0 spiro atoms. The minimum absolute atomic E-state index is 0.00513. The number of halogens is 1. The molecule has 1 aliphatic rings. The van der Waals surface area contributed by atoms with Crippen molar-refractivity contribution >= 4 is 39.0 Å². The third kappa shape index (κ3) is 2.81. The predicted molar refractivity (Wildman–Crippen MR) is 75.0 cm³/mol. The molecule has 0 bridgehead atoms. The molecule has 1 aromatic heterocycles. The summed E-state index contributed by atoms with van der Waals surface area (Å²) in [6.07, 6.45) is 1.80. The van der Waals surface area contributed by atoms with E-state index in [4.69, 9.17) is 0 Å². The van der Waals surface area contributed by atoms with Gasteiger partial charge in [0.2, 0.25) is 5.91 Å². The van der Waals surface area contributed by atoms with Crippen molar-refractivity contribution in [2.75, 3.05) is 20.1 Å². The number of nitrogens with one attached hydrogen (secondary N) is 1. The van der Waals surface area contributed by atoms with Crippen LogP contribution in [0.5, 0.6) is 0 Å². The SMILES string of the molecule is CNC(=O)C1CCCN1CC(=O)c1sccc1Br. The Morgan fingerprint density at radius 3 is 3.00 bits per heavy atom. The van der Waals surface area contributed by atoms with Gasteiger partial charge in [0.05, 0.1) is 17.5 Å². The fourth-order valence-corrected chi connectivity index (χ4v) is 3.75. The molecule has 0 saturated carbocycles. The number of carbonyl (C=O) groups excluding carboxylic acids is 2. The Balaban J connectivity index is 2.03. The van der Waals surface area contributed by atoms with Gasteiger partial charge >= 0.3 is 0 Å². The van der Waals surface area contributed by atoms with Crippen LogP contribution in [-0.2, 0) is 4.79 Å². The first-order chi connectivity index (χ1) is 8.63. The molecule has 1 aliphatic heterocycles. The summed E-state index contributed by atoms with van der Waals surface area (Å²) in [5.74, 6) is 0.0817. The molecule has 98 valence electrons. The van der Waals surface area contributed by atoms with Crippen LogP contribution in [0, 0.1) is 0 Å². The minimum atomic E-state index is -0.155. The van der Waals surface area contributed by atoms with Crippen molar-refractivity contribution in [1.82, 2.24) is 10.2 Å². The van der Waals surface area contributed by atoms with E-state index in [1.165, 1.54) is 11.3 Å². The van der Waals surface area contributed by atoms with Gasteiger partial charge in [0.1, 0.15) is 0 Å². The average Bonchev–Trinajstić information content (AvgIpc) is 2.97. The van der Waals surface area contributed by atoms with Crippen molar-refractivity contribution in [1.29, 1.82) is 0 Å². The zero-order valence-electron chi connectivity index (χ0n) is 10.1. The highest BCUT2D eigenvalue weighted by molar-refractivity contribution is 9.10. The van der Waals surface area contributed by atoms with Gasteiger partial charge in [-0.1, -0.05) is 0 Å². The van der Waals surface area contributed by atoms with E-state index >= 15 is 0 Å². The summed E-state index contributed by atoms with van der Waals surface area (Å²) in [7, 11) is 1.64. The van der Waals surface area contributed by atoms with Gasteiger partial charge in [0, 0.05) is 11.5 Å². The van der Waals surface area contributed by atoms with E-state index < -0.39 is 0 Å².